The van der Waals surface area contributed by atoms with Crippen molar-refractivity contribution in [1.82, 2.24) is 4.90 Å². The highest BCUT2D eigenvalue weighted by atomic mass is 19.1. The fourth-order valence-electron chi connectivity index (χ4n) is 2.59. The van der Waals surface area contributed by atoms with Gasteiger partial charge in [0.15, 0.2) is 18.2 Å². The number of methoxy groups -OCH3 is 1. The number of hydrogen-bond acceptors (Lipinski definition) is 5. The molecule has 2 aromatic rings. The first-order chi connectivity index (χ1) is 13.9. The summed E-state index contributed by atoms with van der Waals surface area (Å²) in [4.78, 5) is 37.9. The monoisotopic (exact) mass is 402 g/mol. The van der Waals surface area contributed by atoms with Crippen LogP contribution in [0.15, 0.2) is 42.5 Å². The molecule has 7 nitrogen and oxygen atoms in total. The minimum absolute atomic E-state index is 0.00205. The van der Waals surface area contributed by atoms with E-state index in [2.05, 4.69) is 5.32 Å². The zero-order valence-corrected chi connectivity index (χ0v) is 16.5. The molecule has 1 N–H and O–H groups in total. The molecule has 0 fully saturated rings. The van der Waals surface area contributed by atoms with Crippen molar-refractivity contribution < 1.29 is 28.2 Å². The fourth-order valence-corrected chi connectivity index (χ4v) is 2.59. The summed E-state index contributed by atoms with van der Waals surface area (Å²) in [5, 5.41) is 2.57. The Morgan fingerprint density at radius 1 is 1.00 bits per heavy atom. The van der Waals surface area contributed by atoms with Crippen molar-refractivity contribution in [3.8, 4) is 5.75 Å². The predicted octanol–water partition coefficient (Wildman–Crippen LogP) is 3.11. The molecule has 0 bridgehead atoms. The molecule has 0 aliphatic rings. The number of halogens is 1. The standard InChI is InChI=1S/C21H23FN2O5/c1-4-24(5-2)20(26)14-6-9-16(10-7-14)23-19(25)13-29-21(27)15-8-11-18(28-3)17(22)12-15/h6-12H,4-5,13H2,1-3H3,(H,23,25). The number of carbonyl (C=O) groups is 3. The van der Waals surface area contributed by atoms with E-state index in [1.54, 1.807) is 29.2 Å². The molecule has 0 saturated carbocycles. The Balaban J connectivity index is 1.90. The lowest BCUT2D eigenvalue weighted by Crippen LogP contribution is -2.30. The van der Waals surface area contributed by atoms with Crippen LogP contribution in [0.4, 0.5) is 10.1 Å². The van der Waals surface area contributed by atoms with Gasteiger partial charge in [-0.05, 0) is 56.3 Å². The van der Waals surface area contributed by atoms with Crippen LogP contribution < -0.4 is 10.1 Å². The fraction of sp³-hybridized carbons (Fsp3) is 0.286. The average Bonchev–Trinajstić information content (AvgIpc) is 2.73. The third-order valence-electron chi connectivity index (χ3n) is 4.19. The van der Waals surface area contributed by atoms with Crippen LogP contribution in [0, 0.1) is 5.82 Å². The van der Waals surface area contributed by atoms with E-state index in [-0.39, 0.29) is 17.2 Å². The molecule has 0 heterocycles. The second-order valence-corrected chi connectivity index (χ2v) is 6.03. The Kier molecular flexibility index (Phi) is 7.70. The highest BCUT2D eigenvalue weighted by Crippen LogP contribution is 2.18. The molecule has 0 unspecified atom stereocenters. The summed E-state index contributed by atoms with van der Waals surface area (Å²) in [6, 6.07) is 10.0. The summed E-state index contributed by atoms with van der Waals surface area (Å²) < 4.78 is 23.3. The molecular weight excluding hydrogens is 379 g/mol. The molecule has 0 aliphatic heterocycles. The lowest BCUT2D eigenvalue weighted by Gasteiger charge is -2.18. The van der Waals surface area contributed by atoms with E-state index in [9.17, 15) is 18.8 Å². The van der Waals surface area contributed by atoms with Crippen molar-refractivity contribution in [2.24, 2.45) is 0 Å². The third-order valence-corrected chi connectivity index (χ3v) is 4.19. The second kappa shape index (κ2) is 10.2. The summed E-state index contributed by atoms with van der Waals surface area (Å²) in [6.45, 7) is 4.48. The topological polar surface area (TPSA) is 84.9 Å². The molecule has 29 heavy (non-hydrogen) atoms. The number of carbonyl (C=O) groups excluding carboxylic acids is 3. The molecule has 0 saturated heterocycles. The Hall–Kier alpha value is -3.42. The van der Waals surface area contributed by atoms with Crippen molar-refractivity contribution in [2.75, 3.05) is 32.1 Å². The number of ether oxygens (including phenoxy) is 2. The maximum atomic E-state index is 13.6. The Morgan fingerprint density at radius 3 is 2.17 bits per heavy atom. The SMILES string of the molecule is CCN(CC)C(=O)c1ccc(NC(=O)COC(=O)c2ccc(OC)c(F)c2)cc1. The van der Waals surface area contributed by atoms with Crippen LogP contribution in [-0.2, 0) is 9.53 Å². The summed E-state index contributed by atoms with van der Waals surface area (Å²) in [5.41, 5.74) is 0.938. The van der Waals surface area contributed by atoms with Crippen LogP contribution in [0.2, 0.25) is 0 Å². The molecule has 0 aliphatic carbocycles. The van der Waals surface area contributed by atoms with Crippen molar-refractivity contribution in [2.45, 2.75) is 13.8 Å². The van der Waals surface area contributed by atoms with Gasteiger partial charge in [-0.15, -0.1) is 0 Å². The number of hydrogen-bond donors (Lipinski definition) is 1. The van der Waals surface area contributed by atoms with Gasteiger partial charge in [0.25, 0.3) is 11.8 Å². The van der Waals surface area contributed by atoms with Crippen LogP contribution >= 0.6 is 0 Å². The molecule has 2 aromatic carbocycles. The first-order valence-corrected chi connectivity index (χ1v) is 9.09. The number of nitrogens with zero attached hydrogens (tertiary/aromatic N) is 1. The summed E-state index contributed by atoms with van der Waals surface area (Å²) >= 11 is 0. The van der Waals surface area contributed by atoms with Gasteiger partial charge in [0.2, 0.25) is 0 Å². The number of esters is 1. The van der Waals surface area contributed by atoms with Gasteiger partial charge in [-0.2, -0.15) is 0 Å². The normalized spacial score (nSPS) is 10.2. The lowest BCUT2D eigenvalue weighted by atomic mass is 10.2. The Labute approximate surface area is 168 Å². The summed E-state index contributed by atoms with van der Waals surface area (Å²) in [5.74, 6) is -2.18. The Bertz CT molecular complexity index is 879. The summed E-state index contributed by atoms with van der Waals surface area (Å²) in [7, 11) is 1.31. The van der Waals surface area contributed by atoms with Gasteiger partial charge in [0.05, 0.1) is 12.7 Å². The smallest absolute Gasteiger partial charge is 0.338 e. The maximum Gasteiger partial charge on any atom is 0.338 e. The van der Waals surface area contributed by atoms with Crippen LogP contribution in [0.25, 0.3) is 0 Å². The number of rotatable bonds is 8. The predicted molar refractivity (Wildman–Crippen MR) is 106 cm³/mol. The largest absolute Gasteiger partial charge is 0.494 e. The molecule has 0 atom stereocenters. The van der Waals surface area contributed by atoms with Crippen LogP contribution in [0.5, 0.6) is 5.75 Å². The van der Waals surface area contributed by atoms with Crippen molar-refractivity contribution in [3.63, 3.8) is 0 Å². The van der Waals surface area contributed by atoms with Gasteiger partial charge < -0.3 is 19.7 Å². The zero-order valence-electron chi connectivity index (χ0n) is 16.5. The van der Waals surface area contributed by atoms with Gasteiger partial charge in [-0.25, -0.2) is 9.18 Å². The van der Waals surface area contributed by atoms with E-state index in [0.29, 0.717) is 24.3 Å². The number of amides is 2. The quantitative estimate of drug-likeness (QED) is 0.686. The van der Waals surface area contributed by atoms with Crippen LogP contribution in [0.3, 0.4) is 0 Å². The molecular formula is C21H23FN2O5. The molecule has 0 aromatic heterocycles. The molecule has 2 rings (SSSR count). The number of anilines is 1. The lowest BCUT2D eigenvalue weighted by molar-refractivity contribution is -0.119. The van der Waals surface area contributed by atoms with Crippen LogP contribution in [-0.4, -0.2) is 49.5 Å². The first kappa shape index (κ1) is 21.9. The van der Waals surface area contributed by atoms with E-state index in [1.165, 1.54) is 19.2 Å². The summed E-state index contributed by atoms with van der Waals surface area (Å²) in [6.07, 6.45) is 0. The van der Waals surface area contributed by atoms with E-state index < -0.39 is 24.3 Å². The number of nitrogens with one attached hydrogen (secondary N) is 1. The van der Waals surface area contributed by atoms with E-state index >= 15 is 0 Å². The Morgan fingerprint density at radius 2 is 1.62 bits per heavy atom. The minimum Gasteiger partial charge on any atom is -0.494 e. The first-order valence-electron chi connectivity index (χ1n) is 9.09. The van der Waals surface area contributed by atoms with Gasteiger partial charge in [-0.3, -0.25) is 9.59 Å². The van der Waals surface area contributed by atoms with E-state index in [4.69, 9.17) is 9.47 Å². The van der Waals surface area contributed by atoms with Crippen molar-refractivity contribution in [3.05, 3.63) is 59.4 Å². The number of benzene rings is 2. The highest BCUT2D eigenvalue weighted by Gasteiger charge is 2.14. The third kappa shape index (κ3) is 5.78. The van der Waals surface area contributed by atoms with Gasteiger partial charge in [-0.1, -0.05) is 0 Å². The maximum absolute atomic E-state index is 13.6. The highest BCUT2D eigenvalue weighted by molar-refractivity contribution is 5.97. The zero-order chi connectivity index (χ0) is 21.4. The van der Waals surface area contributed by atoms with Gasteiger partial charge in [0.1, 0.15) is 0 Å². The molecule has 0 radical (unpaired) electrons. The molecule has 0 spiro atoms. The molecule has 8 heteroatoms. The van der Waals surface area contributed by atoms with Crippen molar-refractivity contribution in [1.29, 1.82) is 0 Å². The van der Waals surface area contributed by atoms with Crippen molar-refractivity contribution >= 4 is 23.5 Å². The van der Waals surface area contributed by atoms with Gasteiger partial charge >= 0.3 is 5.97 Å². The minimum atomic E-state index is -0.832. The van der Waals surface area contributed by atoms with E-state index in [1.807, 2.05) is 13.8 Å². The second-order valence-electron chi connectivity index (χ2n) is 6.03. The molecule has 2 amide bonds. The average molecular weight is 402 g/mol. The molecule has 154 valence electrons. The van der Waals surface area contributed by atoms with Crippen LogP contribution in [0.1, 0.15) is 34.6 Å². The van der Waals surface area contributed by atoms with Gasteiger partial charge in [0, 0.05) is 24.3 Å². The van der Waals surface area contributed by atoms with E-state index in [0.717, 1.165) is 6.07 Å².